The maximum Gasteiger partial charge on any atom is 0.238 e. The molecule has 4 N–H and O–H groups in total. The number of fused-ring (bicyclic) bond motifs is 3. The van der Waals surface area contributed by atoms with Crippen molar-refractivity contribution in [2.24, 2.45) is 5.84 Å². The molecule has 0 radical (unpaired) electrons. The van der Waals surface area contributed by atoms with Gasteiger partial charge in [0, 0.05) is 30.1 Å². The number of nitrogens with one attached hydrogen (secondary N) is 2. The van der Waals surface area contributed by atoms with E-state index in [0.29, 0.717) is 13.0 Å². The summed E-state index contributed by atoms with van der Waals surface area (Å²) in [4.78, 5) is 15.2. The van der Waals surface area contributed by atoms with E-state index in [2.05, 4.69) is 16.4 Å². The third-order valence-electron chi connectivity index (χ3n) is 3.59. The first kappa shape index (κ1) is 11.3. The highest BCUT2D eigenvalue weighted by Gasteiger charge is 2.31. The lowest BCUT2D eigenvalue weighted by molar-refractivity contribution is -0.126. The van der Waals surface area contributed by atoms with E-state index in [9.17, 15) is 4.79 Å². The van der Waals surface area contributed by atoms with Crippen LogP contribution in [-0.2, 0) is 17.8 Å². The zero-order chi connectivity index (χ0) is 12.7. The number of carbonyl (C=O) groups excluding carboxylic acids is 1. The molecule has 0 fully saturated rings. The van der Waals surface area contributed by atoms with Crippen LogP contribution in [0.4, 0.5) is 0 Å². The van der Waals surface area contributed by atoms with Gasteiger partial charge in [-0.1, -0.05) is 18.2 Å². The Morgan fingerprint density at radius 2 is 2.28 bits per heavy atom. The molecule has 18 heavy (non-hydrogen) atoms. The normalized spacial score (nSPS) is 19.8. The molecule has 5 heteroatoms. The first-order valence-electron chi connectivity index (χ1n) is 6.02. The van der Waals surface area contributed by atoms with Crippen LogP contribution in [0.15, 0.2) is 24.3 Å². The third-order valence-corrected chi connectivity index (χ3v) is 3.59. The van der Waals surface area contributed by atoms with E-state index in [1.54, 1.807) is 12.1 Å². The van der Waals surface area contributed by atoms with E-state index in [1.165, 1.54) is 10.9 Å². The molecule has 5 nitrogen and oxygen atoms in total. The zero-order valence-electron chi connectivity index (χ0n) is 10.2. The first-order chi connectivity index (χ1) is 8.70. The molecule has 1 aromatic carbocycles. The second kappa shape index (κ2) is 4.12. The Balaban J connectivity index is 2.06. The van der Waals surface area contributed by atoms with Crippen LogP contribution in [0, 0.1) is 0 Å². The van der Waals surface area contributed by atoms with E-state index in [0.717, 1.165) is 11.2 Å². The van der Waals surface area contributed by atoms with Crippen LogP contribution >= 0.6 is 0 Å². The average Bonchev–Trinajstić information content (AvgIpc) is 2.74. The van der Waals surface area contributed by atoms with Crippen molar-refractivity contribution >= 4 is 16.8 Å². The molecular weight excluding hydrogens is 228 g/mol. The fourth-order valence-corrected chi connectivity index (χ4v) is 2.64. The summed E-state index contributed by atoms with van der Waals surface area (Å²) in [6.07, 6.45) is 0.648. The summed E-state index contributed by atoms with van der Waals surface area (Å²) in [5.41, 5.74) is 3.42. The second-order valence-corrected chi connectivity index (χ2v) is 4.63. The molecule has 1 atom stereocenters. The molecule has 0 spiro atoms. The number of nitrogens with two attached hydrogens (primary N) is 1. The van der Waals surface area contributed by atoms with Gasteiger partial charge in [0.1, 0.15) is 6.04 Å². The number of carbonyl (C=O) groups is 1. The van der Waals surface area contributed by atoms with Gasteiger partial charge >= 0.3 is 0 Å². The molecule has 1 aromatic heterocycles. The van der Waals surface area contributed by atoms with Gasteiger partial charge in [0.05, 0.1) is 6.54 Å². The van der Waals surface area contributed by atoms with E-state index in [-0.39, 0.29) is 11.9 Å². The van der Waals surface area contributed by atoms with E-state index in [1.807, 2.05) is 18.2 Å². The molecular formula is C13H16N4O. The Morgan fingerprint density at radius 3 is 3.06 bits per heavy atom. The number of aromatic amines is 1. The highest BCUT2D eigenvalue weighted by molar-refractivity contribution is 5.87. The smallest absolute Gasteiger partial charge is 0.238 e. The first-order valence-corrected chi connectivity index (χ1v) is 6.02. The Bertz CT molecular complexity index is 604. The number of hydrazine groups is 1. The number of nitrogens with zero attached hydrogens (tertiary/aromatic N) is 1. The molecule has 1 aliphatic rings. The maximum absolute atomic E-state index is 11.8. The Morgan fingerprint density at radius 1 is 1.50 bits per heavy atom. The van der Waals surface area contributed by atoms with E-state index < -0.39 is 0 Å². The Labute approximate surface area is 105 Å². The minimum absolute atomic E-state index is 0.0339. The van der Waals surface area contributed by atoms with Crippen molar-refractivity contribution < 1.29 is 4.79 Å². The second-order valence-electron chi connectivity index (χ2n) is 4.63. The highest BCUT2D eigenvalue weighted by Crippen LogP contribution is 2.28. The average molecular weight is 244 g/mol. The predicted molar refractivity (Wildman–Crippen MR) is 69.6 cm³/mol. The van der Waals surface area contributed by atoms with Crippen LogP contribution < -0.4 is 11.2 Å². The van der Waals surface area contributed by atoms with Gasteiger partial charge in [-0.2, -0.15) is 0 Å². The third kappa shape index (κ3) is 1.60. The standard InChI is InChI=1S/C13H16N4O/c1-15-13(18)12-6-9-8-4-2-3-5-10(8)16-11(9)7-17(12)14/h2-5,12,16H,6-7,14H2,1H3,(H,15,18)/t12-/m1/s1. The predicted octanol–water partition coefficient (Wildman–Crippen LogP) is 0.514. The number of amides is 1. The van der Waals surface area contributed by atoms with E-state index >= 15 is 0 Å². The lowest BCUT2D eigenvalue weighted by atomic mass is 9.97. The van der Waals surface area contributed by atoms with E-state index in [4.69, 9.17) is 5.84 Å². The zero-order valence-corrected chi connectivity index (χ0v) is 10.2. The number of rotatable bonds is 1. The topological polar surface area (TPSA) is 74.2 Å². The number of para-hydroxylation sites is 1. The number of benzene rings is 1. The fraction of sp³-hybridized carbons (Fsp3) is 0.308. The molecule has 1 aliphatic heterocycles. The van der Waals surface area contributed by atoms with Crippen molar-refractivity contribution in [1.29, 1.82) is 0 Å². The molecule has 0 bridgehead atoms. The molecule has 0 aliphatic carbocycles. The van der Waals surface area contributed by atoms with Crippen molar-refractivity contribution in [3.05, 3.63) is 35.5 Å². The Kier molecular flexibility index (Phi) is 2.57. The maximum atomic E-state index is 11.8. The van der Waals surface area contributed by atoms with Crippen LogP contribution in [0.3, 0.4) is 0 Å². The molecule has 0 saturated heterocycles. The summed E-state index contributed by atoms with van der Waals surface area (Å²) in [7, 11) is 1.64. The van der Waals surface area contributed by atoms with Crippen LogP contribution in [0.2, 0.25) is 0 Å². The van der Waals surface area contributed by atoms with Crippen LogP contribution in [0.5, 0.6) is 0 Å². The molecule has 2 heterocycles. The van der Waals surface area contributed by atoms with Gasteiger partial charge < -0.3 is 10.3 Å². The fourth-order valence-electron chi connectivity index (χ4n) is 2.64. The summed E-state index contributed by atoms with van der Waals surface area (Å²) in [5.74, 6) is 5.91. The van der Waals surface area contributed by atoms with Gasteiger partial charge in [-0.25, -0.2) is 5.01 Å². The summed E-state index contributed by atoms with van der Waals surface area (Å²) in [6, 6.07) is 7.85. The largest absolute Gasteiger partial charge is 0.358 e. The van der Waals surface area contributed by atoms with Crippen molar-refractivity contribution in [1.82, 2.24) is 15.3 Å². The minimum atomic E-state index is -0.290. The van der Waals surface area contributed by atoms with Gasteiger partial charge in [0.2, 0.25) is 5.91 Å². The summed E-state index contributed by atoms with van der Waals surface area (Å²) >= 11 is 0. The summed E-state index contributed by atoms with van der Waals surface area (Å²) < 4.78 is 0. The number of hydrogen-bond donors (Lipinski definition) is 3. The summed E-state index contributed by atoms with van der Waals surface area (Å²) in [6.45, 7) is 0.572. The number of hydrogen-bond acceptors (Lipinski definition) is 3. The van der Waals surface area contributed by atoms with Crippen molar-refractivity contribution in [3.63, 3.8) is 0 Å². The molecule has 2 aromatic rings. The molecule has 1 amide bonds. The highest BCUT2D eigenvalue weighted by atomic mass is 16.2. The monoisotopic (exact) mass is 244 g/mol. The van der Waals surface area contributed by atoms with Crippen LogP contribution in [-0.4, -0.2) is 29.0 Å². The quantitative estimate of drug-likeness (QED) is 0.640. The Hall–Kier alpha value is -1.85. The number of H-pyrrole nitrogens is 1. The van der Waals surface area contributed by atoms with Gasteiger partial charge in [0.15, 0.2) is 0 Å². The molecule has 0 saturated carbocycles. The number of likely N-dealkylation sites (N-methyl/N-ethyl adjacent to an activating group) is 1. The number of aromatic nitrogens is 1. The van der Waals surface area contributed by atoms with Gasteiger partial charge in [0.25, 0.3) is 0 Å². The van der Waals surface area contributed by atoms with Gasteiger partial charge in [-0.05, 0) is 11.6 Å². The molecule has 3 rings (SSSR count). The van der Waals surface area contributed by atoms with Crippen molar-refractivity contribution in [2.45, 2.75) is 19.0 Å². The van der Waals surface area contributed by atoms with Crippen LogP contribution in [0.25, 0.3) is 10.9 Å². The van der Waals surface area contributed by atoms with Gasteiger partial charge in [-0.3, -0.25) is 10.6 Å². The van der Waals surface area contributed by atoms with Crippen LogP contribution in [0.1, 0.15) is 11.3 Å². The van der Waals surface area contributed by atoms with Crippen molar-refractivity contribution in [3.8, 4) is 0 Å². The molecule has 94 valence electrons. The lowest BCUT2D eigenvalue weighted by Gasteiger charge is -2.30. The van der Waals surface area contributed by atoms with Gasteiger partial charge in [-0.15, -0.1) is 0 Å². The van der Waals surface area contributed by atoms with Crippen molar-refractivity contribution in [2.75, 3.05) is 7.05 Å². The summed E-state index contributed by atoms with van der Waals surface area (Å²) in [5, 5.41) is 5.45. The molecule has 0 unspecified atom stereocenters. The lowest BCUT2D eigenvalue weighted by Crippen LogP contribution is -2.52. The SMILES string of the molecule is CNC(=O)[C@H]1Cc2c([nH]c3ccccc23)CN1N. The minimum Gasteiger partial charge on any atom is -0.358 e.